The van der Waals surface area contributed by atoms with Crippen LogP contribution in [-0.2, 0) is 0 Å². The molecule has 2 aromatic rings. The standard InChI is InChI=1S/C13H13FN2O/c1-9(2)12-6-7-16(15-12)13-5-3-4-11(14)10(13)8-17/h3-9H,1-2H3. The van der Waals surface area contributed by atoms with Crippen LogP contribution in [0.25, 0.3) is 5.69 Å². The third-order valence-corrected chi connectivity index (χ3v) is 2.60. The molecular weight excluding hydrogens is 219 g/mol. The van der Waals surface area contributed by atoms with Gasteiger partial charge in [0.25, 0.3) is 0 Å². The molecule has 0 aliphatic carbocycles. The molecule has 0 fully saturated rings. The van der Waals surface area contributed by atoms with Crippen LogP contribution < -0.4 is 0 Å². The van der Waals surface area contributed by atoms with Crippen molar-refractivity contribution in [2.45, 2.75) is 19.8 Å². The van der Waals surface area contributed by atoms with Crippen LogP contribution in [0.3, 0.4) is 0 Å². The van der Waals surface area contributed by atoms with Gasteiger partial charge in [-0.05, 0) is 24.1 Å². The summed E-state index contributed by atoms with van der Waals surface area (Å²) < 4.78 is 15.0. The molecule has 3 nitrogen and oxygen atoms in total. The van der Waals surface area contributed by atoms with Gasteiger partial charge in [-0.25, -0.2) is 9.07 Å². The molecule has 2 rings (SSSR count). The normalized spacial score (nSPS) is 10.8. The van der Waals surface area contributed by atoms with Gasteiger partial charge in [0.15, 0.2) is 6.29 Å². The van der Waals surface area contributed by atoms with E-state index in [9.17, 15) is 9.18 Å². The van der Waals surface area contributed by atoms with Crippen molar-refractivity contribution in [1.82, 2.24) is 9.78 Å². The maximum Gasteiger partial charge on any atom is 0.155 e. The average molecular weight is 232 g/mol. The summed E-state index contributed by atoms with van der Waals surface area (Å²) in [5, 5.41) is 4.32. The summed E-state index contributed by atoms with van der Waals surface area (Å²) in [6.45, 7) is 4.05. The fraction of sp³-hybridized carbons (Fsp3) is 0.231. The van der Waals surface area contributed by atoms with Gasteiger partial charge in [0, 0.05) is 6.20 Å². The first-order valence-corrected chi connectivity index (χ1v) is 5.43. The molecule has 0 aliphatic rings. The Bertz CT molecular complexity index is 546. The molecule has 4 heteroatoms. The first-order chi connectivity index (χ1) is 8.13. The molecule has 1 heterocycles. The summed E-state index contributed by atoms with van der Waals surface area (Å²) >= 11 is 0. The molecule has 88 valence electrons. The highest BCUT2D eigenvalue weighted by Gasteiger charge is 2.11. The monoisotopic (exact) mass is 232 g/mol. The predicted octanol–water partition coefficient (Wildman–Crippen LogP) is 2.95. The van der Waals surface area contributed by atoms with E-state index in [0.29, 0.717) is 17.9 Å². The lowest BCUT2D eigenvalue weighted by Crippen LogP contribution is -2.03. The van der Waals surface area contributed by atoms with Crippen molar-refractivity contribution in [3.8, 4) is 5.69 Å². The van der Waals surface area contributed by atoms with Crippen LogP contribution in [0.4, 0.5) is 4.39 Å². The number of aldehydes is 1. The van der Waals surface area contributed by atoms with Crippen LogP contribution in [0.15, 0.2) is 30.5 Å². The average Bonchev–Trinajstić information content (AvgIpc) is 2.77. The second-order valence-corrected chi connectivity index (χ2v) is 4.13. The molecule has 1 aromatic heterocycles. The van der Waals surface area contributed by atoms with Crippen molar-refractivity contribution in [3.63, 3.8) is 0 Å². The number of halogens is 1. The van der Waals surface area contributed by atoms with Crippen LogP contribution in [0.1, 0.15) is 35.8 Å². The van der Waals surface area contributed by atoms with Crippen LogP contribution >= 0.6 is 0 Å². The van der Waals surface area contributed by atoms with Crippen molar-refractivity contribution in [2.75, 3.05) is 0 Å². The number of benzene rings is 1. The first-order valence-electron chi connectivity index (χ1n) is 5.43. The molecule has 1 aromatic carbocycles. The Hall–Kier alpha value is -1.97. The van der Waals surface area contributed by atoms with Crippen molar-refractivity contribution < 1.29 is 9.18 Å². The van der Waals surface area contributed by atoms with Crippen molar-refractivity contribution in [2.24, 2.45) is 0 Å². The Balaban J connectivity index is 2.52. The molecule has 0 saturated heterocycles. The van der Waals surface area contributed by atoms with Crippen molar-refractivity contribution in [3.05, 3.63) is 47.5 Å². The Kier molecular flexibility index (Phi) is 3.04. The van der Waals surface area contributed by atoms with Crippen LogP contribution in [0.2, 0.25) is 0 Å². The molecule has 0 unspecified atom stereocenters. The number of hydrogen-bond acceptors (Lipinski definition) is 2. The summed E-state index contributed by atoms with van der Waals surface area (Å²) in [6.07, 6.45) is 2.25. The minimum atomic E-state index is -0.529. The Morgan fingerprint density at radius 2 is 2.12 bits per heavy atom. The lowest BCUT2D eigenvalue weighted by atomic mass is 10.1. The zero-order valence-corrected chi connectivity index (χ0v) is 9.72. The van der Waals surface area contributed by atoms with Crippen LogP contribution in [0, 0.1) is 5.82 Å². The smallest absolute Gasteiger partial charge is 0.155 e. The fourth-order valence-corrected chi connectivity index (χ4v) is 1.62. The molecule has 0 spiro atoms. The Labute approximate surface area is 98.9 Å². The maximum atomic E-state index is 13.4. The molecule has 0 radical (unpaired) electrons. The van der Waals surface area contributed by atoms with Gasteiger partial charge in [0.1, 0.15) is 5.82 Å². The topological polar surface area (TPSA) is 34.9 Å². The number of rotatable bonds is 3. The zero-order valence-electron chi connectivity index (χ0n) is 9.72. The highest BCUT2D eigenvalue weighted by Crippen LogP contribution is 2.18. The van der Waals surface area contributed by atoms with E-state index < -0.39 is 5.82 Å². The number of carbonyl (C=O) groups is 1. The molecule has 0 amide bonds. The molecular formula is C13H13FN2O. The predicted molar refractivity (Wildman–Crippen MR) is 63.0 cm³/mol. The van der Waals surface area contributed by atoms with E-state index in [1.807, 2.05) is 19.9 Å². The van der Waals surface area contributed by atoms with Gasteiger partial charge in [-0.1, -0.05) is 19.9 Å². The molecule has 0 bridgehead atoms. The second kappa shape index (κ2) is 4.49. The van der Waals surface area contributed by atoms with E-state index >= 15 is 0 Å². The highest BCUT2D eigenvalue weighted by molar-refractivity contribution is 5.81. The minimum absolute atomic E-state index is 0.0332. The van der Waals surface area contributed by atoms with Gasteiger partial charge < -0.3 is 0 Å². The Morgan fingerprint density at radius 3 is 2.71 bits per heavy atom. The second-order valence-electron chi connectivity index (χ2n) is 4.13. The third-order valence-electron chi connectivity index (χ3n) is 2.60. The van der Waals surface area contributed by atoms with E-state index in [1.165, 1.54) is 10.7 Å². The first kappa shape index (κ1) is 11.5. The summed E-state index contributed by atoms with van der Waals surface area (Å²) in [5.41, 5.74) is 1.41. The highest BCUT2D eigenvalue weighted by atomic mass is 19.1. The molecule has 0 N–H and O–H groups in total. The van der Waals surface area contributed by atoms with E-state index in [0.717, 1.165) is 5.69 Å². The summed E-state index contributed by atoms with van der Waals surface area (Å²) in [5.74, 6) is -0.233. The molecule has 0 aliphatic heterocycles. The SMILES string of the molecule is CC(C)c1ccn(-c2cccc(F)c2C=O)n1. The Morgan fingerprint density at radius 1 is 1.35 bits per heavy atom. The van der Waals surface area contributed by atoms with Gasteiger partial charge >= 0.3 is 0 Å². The molecule has 0 saturated carbocycles. The van der Waals surface area contributed by atoms with Gasteiger partial charge in [0.05, 0.1) is 16.9 Å². The van der Waals surface area contributed by atoms with Gasteiger partial charge in [-0.2, -0.15) is 5.10 Å². The quantitative estimate of drug-likeness (QED) is 0.762. The van der Waals surface area contributed by atoms with E-state index in [2.05, 4.69) is 5.10 Å². The van der Waals surface area contributed by atoms with E-state index in [1.54, 1.807) is 18.3 Å². The molecule has 17 heavy (non-hydrogen) atoms. The lowest BCUT2D eigenvalue weighted by molar-refractivity contribution is 0.111. The number of nitrogens with zero attached hydrogens (tertiary/aromatic N) is 2. The summed E-state index contributed by atoms with van der Waals surface area (Å²) in [7, 11) is 0. The molecule has 0 atom stereocenters. The van der Waals surface area contributed by atoms with Crippen LogP contribution in [0.5, 0.6) is 0 Å². The third kappa shape index (κ3) is 2.11. The van der Waals surface area contributed by atoms with Crippen molar-refractivity contribution >= 4 is 6.29 Å². The summed E-state index contributed by atoms with van der Waals surface area (Å²) in [4.78, 5) is 10.9. The van der Waals surface area contributed by atoms with E-state index in [-0.39, 0.29) is 5.56 Å². The van der Waals surface area contributed by atoms with Gasteiger partial charge in [0.2, 0.25) is 0 Å². The summed E-state index contributed by atoms with van der Waals surface area (Å²) in [6, 6.07) is 6.36. The fourth-order valence-electron chi connectivity index (χ4n) is 1.62. The number of aromatic nitrogens is 2. The lowest BCUT2D eigenvalue weighted by Gasteiger charge is -2.05. The largest absolute Gasteiger partial charge is 0.298 e. The van der Waals surface area contributed by atoms with Gasteiger partial charge in [-0.15, -0.1) is 0 Å². The number of carbonyl (C=O) groups excluding carboxylic acids is 1. The zero-order chi connectivity index (χ0) is 12.4. The van der Waals surface area contributed by atoms with Crippen molar-refractivity contribution in [1.29, 1.82) is 0 Å². The van der Waals surface area contributed by atoms with Gasteiger partial charge in [-0.3, -0.25) is 4.79 Å². The maximum absolute atomic E-state index is 13.4. The number of hydrogen-bond donors (Lipinski definition) is 0. The van der Waals surface area contributed by atoms with E-state index in [4.69, 9.17) is 0 Å². The van der Waals surface area contributed by atoms with Crippen LogP contribution in [-0.4, -0.2) is 16.1 Å². The minimum Gasteiger partial charge on any atom is -0.298 e.